The molecule has 0 aliphatic carbocycles. The maximum atomic E-state index is 12.0. The van der Waals surface area contributed by atoms with E-state index < -0.39 is 53.2 Å². The highest BCUT2D eigenvalue weighted by Crippen LogP contribution is 2.66. The summed E-state index contributed by atoms with van der Waals surface area (Å²) in [5, 5.41) is 7.28. The molecule has 1 aromatic rings. The smallest absolute Gasteiger partial charge is 0.347 e. The van der Waals surface area contributed by atoms with Gasteiger partial charge in [0.1, 0.15) is 11.8 Å². The number of ether oxygens (including phenoxy) is 1. The van der Waals surface area contributed by atoms with E-state index in [0.29, 0.717) is 0 Å². The van der Waals surface area contributed by atoms with Gasteiger partial charge in [-0.2, -0.15) is 18.8 Å². The van der Waals surface area contributed by atoms with Crippen molar-refractivity contribution < 1.29 is 51.2 Å². The summed E-state index contributed by atoms with van der Waals surface area (Å²) in [5.41, 5.74) is -2.83. The molecule has 4 atom stereocenters. The van der Waals surface area contributed by atoms with Crippen LogP contribution in [0.4, 0.5) is 0 Å². The first kappa shape index (κ1) is 25.9. The Morgan fingerprint density at radius 1 is 1.23 bits per heavy atom. The van der Waals surface area contributed by atoms with Gasteiger partial charge in [0, 0.05) is 19.3 Å². The lowest BCUT2D eigenvalue weighted by Gasteiger charge is -2.28. The van der Waals surface area contributed by atoms with Gasteiger partial charge in [-0.15, -0.1) is 0 Å². The van der Waals surface area contributed by atoms with E-state index in [0.717, 1.165) is 10.6 Å². The van der Waals surface area contributed by atoms with Crippen molar-refractivity contribution in [3.63, 3.8) is 0 Å². The fourth-order valence-electron chi connectivity index (χ4n) is 2.61. The average Bonchev–Trinajstić information content (AvgIpc) is 3.00. The number of rotatable bonds is 10. The van der Waals surface area contributed by atoms with Crippen LogP contribution in [0, 0.1) is 0 Å². The minimum absolute atomic E-state index is 0.109. The van der Waals surface area contributed by atoms with Crippen molar-refractivity contribution in [1.82, 2.24) is 9.55 Å². The predicted octanol–water partition coefficient (Wildman–Crippen LogP) is 0.00970. The fourth-order valence-corrected chi connectivity index (χ4v) is 5.71. The molecule has 31 heavy (non-hydrogen) atoms. The Hall–Kier alpha value is -1.35. The van der Waals surface area contributed by atoms with Gasteiger partial charge >= 0.3 is 29.2 Å². The number of nitrogens with zero attached hydrogens (tertiary/aromatic N) is 3. The highest BCUT2D eigenvalue weighted by molar-refractivity contribution is 7.66. The third-order valence-electron chi connectivity index (χ3n) is 3.80. The number of H-pyrrole nitrogens is 1. The lowest BCUT2D eigenvalue weighted by atomic mass is 10.0. The summed E-state index contributed by atoms with van der Waals surface area (Å²) in [6.07, 6.45) is 0.565. The quantitative estimate of drug-likeness (QED) is 0.207. The average molecular weight is 508 g/mol. The van der Waals surface area contributed by atoms with Gasteiger partial charge in [-0.3, -0.25) is 18.9 Å². The van der Waals surface area contributed by atoms with Gasteiger partial charge in [-0.05, 0) is 12.8 Å². The van der Waals surface area contributed by atoms with Gasteiger partial charge in [-0.1, -0.05) is 0 Å². The molecular formula is C11H19N4O13P3. The minimum atomic E-state index is -5.67. The van der Waals surface area contributed by atoms with Crippen molar-refractivity contribution >= 4 is 23.5 Å². The van der Waals surface area contributed by atoms with Crippen molar-refractivity contribution in [2.75, 3.05) is 20.2 Å². The molecule has 1 aliphatic rings. The first-order valence-electron chi connectivity index (χ1n) is 8.19. The SMILES string of the molecule is C/N=N/C[C@@]1(COP(=O)(O)OP(=O)(O)OP(=O)(O)O)CC[C@H](n2ccc(=O)[nH]c2=O)O1. The molecule has 0 saturated carbocycles. The van der Waals surface area contributed by atoms with Gasteiger partial charge in [0.25, 0.3) is 5.56 Å². The van der Waals surface area contributed by atoms with Crippen LogP contribution < -0.4 is 11.2 Å². The summed E-state index contributed by atoms with van der Waals surface area (Å²) in [4.78, 5) is 61.1. The molecule has 1 aromatic heterocycles. The van der Waals surface area contributed by atoms with Crippen LogP contribution in [0.3, 0.4) is 0 Å². The number of phosphoric ester groups is 1. The van der Waals surface area contributed by atoms with Crippen molar-refractivity contribution in [3.05, 3.63) is 33.1 Å². The van der Waals surface area contributed by atoms with Crippen LogP contribution >= 0.6 is 23.5 Å². The number of aromatic amines is 1. The largest absolute Gasteiger partial charge is 0.490 e. The second-order valence-corrected chi connectivity index (χ2v) is 10.6. The number of azo groups is 1. The predicted molar refractivity (Wildman–Crippen MR) is 98.9 cm³/mol. The molecule has 5 N–H and O–H groups in total. The van der Waals surface area contributed by atoms with E-state index in [1.807, 2.05) is 4.98 Å². The third kappa shape index (κ3) is 7.93. The van der Waals surface area contributed by atoms with Crippen LogP contribution in [0.5, 0.6) is 0 Å². The molecule has 1 saturated heterocycles. The molecule has 17 nitrogen and oxygen atoms in total. The summed E-state index contributed by atoms with van der Waals surface area (Å²) in [5.74, 6) is 0. The topological polar surface area (TPSA) is 249 Å². The molecule has 20 heteroatoms. The zero-order chi connectivity index (χ0) is 23.5. The second-order valence-electron chi connectivity index (χ2n) is 6.18. The number of nitrogens with one attached hydrogen (secondary N) is 1. The number of hydrogen-bond donors (Lipinski definition) is 5. The van der Waals surface area contributed by atoms with Crippen LogP contribution in [0.1, 0.15) is 19.1 Å². The summed E-state index contributed by atoms with van der Waals surface area (Å²) in [7, 11) is -15.2. The summed E-state index contributed by atoms with van der Waals surface area (Å²) in [6, 6.07) is 1.09. The second kappa shape index (κ2) is 9.65. The molecule has 0 spiro atoms. The molecule has 2 heterocycles. The van der Waals surface area contributed by atoms with Crippen LogP contribution in [0.2, 0.25) is 0 Å². The summed E-state index contributed by atoms with van der Waals surface area (Å²) >= 11 is 0. The Balaban J connectivity index is 2.15. The van der Waals surface area contributed by atoms with Crippen molar-refractivity contribution in [1.29, 1.82) is 0 Å². The monoisotopic (exact) mass is 508 g/mol. The first-order chi connectivity index (χ1) is 14.2. The Labute approximate surface area is 173 Å². The van der Waals surface area contributed by atoms with Crippen LogP contribution in [-0.4, -0.2) is 54.9 Å². The van der Waals surface area contributed by atoms with E-state index in [4.69, 9.17) is 14.5 Å². The lowest BCUT2D eigenvalue weighted by molar-refractivity contribution is -0.0921. The van der Waals surface area contributed by atoms with E-state index in [9.17, 15) is 33.1 Å². The Kier molecular flexibility index (Phi) is 8.06. The van der Waals surface area contributed by atoms with Gasteiger partial charge in [-0.25, -0.2) is 18.5 Å². The molecule has 0 amide bonds. The molecule has 1 aliphatic heterocycles. The van der Waals surface area contributed by atoms with Crippen molar-refractivity contribution in [2.24, 2.45) is 10.2 Å². The lowest BCUT2D eigenvalue weighted by Crippen LogP contribution is -2.39. The van der Waals surface area contributed by atoms with Crippen LogP contribution in [-0.2, 0) is 31.6 Å². The molecule has 176 valence electrons. The first-order valence-corrected chi connectivity index (χ1v) is 12.7. The minimum Gasteiger partial charge on any atom is -0.347 e. The normalized spacial score (nSPS) is 26.0. The number of aromatic nitrogens is 2. The fraction of sp³-hybridized carbons (Fsp3) is 0.636. The molecule has 0 aromatic carbocycles. The van der Waals surface area contributed by atoms with Gasteiger partial charge in [0.05, 0.1) is 13.2 Å². The van der Waals surface area contributed by atoms with E-state index in [2.05, 4.69) is 23.4 Å². The van der Waals surface area contributed by atoms with Gasteiger partial charge < -0.3 is 24.3 Å². The molecule has 1 fully saturated rings. The van der Waals surface area contributed by atoms with Gasteiger partial charge in [0.15, 0.2) is 0 Å². The van der Waals surface area contributed by atoms with E-state index in [1.54, 1.807) is 0 Å². The van der Waals surface area contributed by atoms with Gasteiger partial charge in [0.2, 0.25) is 0 Å². The van der Waals surface area contributed by atoms with Crippen LogP contribution in [0.15, 0.2) is 32.1 Å². The van der Waals surface area contributed by atoms with E-state index >= 15 is 0 Å². The van der Waals surface area contributed by atoms with Crippen molar-refractivity contribution in [2.45, 2.75) is 24.7 Å². The van der Waals surface area contributed by atoms with E-state index in [1.165, 1.54) is 13.2 Å². The molecule has 0 bridgehead atoms. The third-order valence-corrected chi connectivity index (χ3v) is 7.58. The Morgan fingerprint density at radius 3 is 2.48 bits per heavy atom. The number of hydrogen-bond acceptors (Lipinski definition) is 11. The number of phosphoric acid groups is 3. The highest BCUT2D eigenvalue weighted by Gasteiger charge is 2.46. The van der Waals surface area contributed by atoms with Crippen molar-refractivity contribution in [3.8, 4) is 0 Å². The van der Waals surface area contributed by atoms with Crippen LogP contribution in [0.25, 0.3) is 0 Å². The maximum absolute atomic E-state index is 12.0. The summed E-state index contributed by atoms with van der Waals surface area (Å²) < 4.78 is 52.8. The molecular weight excluding hydrogens is 489 g/mol. The zero-order valence-corrected chi connectivity index (χ0v) is 18.4. The standard InChI is InChI=1S/C11H19N4O13P3/c1-12-13-6-11(4-2-9(26-11)15-5-3-8(16)14-10(15)17)7-25-30(21,22)28-31(23,24)27-29(18,19)20/h3,5,9H,2,4,6-7H2,1H3,(H,21,22)(H,23,24)(H,14,16,17)(H2,18,19,20)/b13-12+/t9-,11-/m1/s1. The molecule has 2 unspecified atom stereocenters. The molecule has 2 rings (SSSR count). The Morgan fingerprint density at radius 2 is 1.90 bits per heavy atom. The maximum Gasteiger partial charge on any atom is 0.490 e. The highest BCUT2D eigenvalue weighted by atomic mass is 31.3. The molecule has 0 radical (unpaired) electrons. The van der Waals surface area contributed by atoms with E-state index in [-0.39, 0.29) is 19.4 Å². The zero-order valence-electron chi connectivity index (χ0n) is 15.7. The summed E-state index contributed by atoms with van der Waals surface area (Å²) in [6.45, 7) is -0.974. The Bertz CT molecular complexity index is 1080.